The predicted octanol–water partition coefficient (Wildman–Crippen LogP) is 1.07. The molecule has 0 spiro atoms. The van der Waals surface area contributed by atoms with E-state index in [1.54, 1.807) is 19.2 Å². The number of nitrogens with one attached hydrogen (secondary N) is 2. The van der Waals surface area contributed by atoms with Crippen LogP contribution >= 0.6 is 15.9 Å². The van der Waals surface area contributed by atoms with Crippen molar-refractivity contribution in [2.75, 3.05) is 13.6 Å². The highest BCUT2D eigenvalue weighted by Crippen LogP contribution is 2.23. The number of benzene rings is 1. The molecule has 0 aliphatic rings. The molecule has 0 aliphatic carbocycles. The van der Waals surface area contributed by atoms with Crippen LogP contribution in [0.4, 0.5) is 0 Å². The van der Waals surface area contributed by atoms with Crippen LogP contribution in [0, 0.1) is 0 Å². The Morgan fingerprint density at radius 2 is 2.19 bits per heavy atom. The summed E-state index contributed by atoms with van der Waals surface area (Å²) in [7, 11) is -1.79. The van der Waals surface area contributed by atoms with Crippen LogP contribution in [0.5, 0.6) is 0 Å². The molecule has 0 saturated heterocycles. The summed E-state index contributed by atoms with van der Waals surface area (Å²) in [4.78, 5) is 4.05. The summed E-state index contributed by atoms with van der Waals surface area (Å²) in [5.41, 5.74) is 0.888. The molecule has 0 bridgehead atoms. The lowest BCUT2D eigenvalue weighted by Gasteiger charge is -2.10. The lowest BCUT2D eigenvalue weighted by atomic mass is 10.2. The van der Waals surface area contributed by atoms with Crippen LogP contribution in [0.15, 0.2) is 38.5 Å². The van der Waals surface area contributed by atoms with Crippen molar-refractivity contribution in [1.82, 2.24) is 20.2 Å². The molecule has 1 heterocycles. The zero-order valence-corrected chi connectivity index (χ0v) is 13.7. The Balaban J connectivity index is 2.09. The van der Waals surface area contributed by atoms with Gasteiger partial charge in [-0.3, -0.25) is 0 Å². The fourth-order valence-corrected chi connectivity index (χ4v) is 3.79. The molecule has 2 rings (SSSR count). The number of rotatable bonds is 7. The van der Waals surface area contributed by atoms with E-state index in [9.17, 15) is 8.42 Å². The molecule has 9 heteroatoms. The number of hydrogen-bond acceptors (Lipinski definition) is 6. The van der Waals surface area contributed by atoms with Crippen molar-refractivity contribution in [2.24, 2.45) is 0 Å². The smallest absolute Gasteiger partial charge is 0.241 e. The molecule has 21 heavy (non-hydrogen) atoms. The minimum absolute atomic E-state index is 0.199. The molecule has 0 amide bonds. The second-order valence-corrected chi connectivity index (χ2v) is 6.88. The summed E-state index contributed by atoms with van der Waals surface area (Å²) < 4.78 is 32.3. The second kappa shape index (κ2) is 7.12. The van der Waals surface area contributed by atoms with Gasteiger partial charge in [-0.2, -0.15) is 4.98 Å². The summed E-state index contributed by atoms with van der Waals surface area (Å²) in [6.07, 6.45) is 1.57. The van der Waals surface area contributed by atoms with Gasteiger partial charge in [-0.15, -0.1) is 0 Å². The highest BCUT2D eigenvalue weighted by atomic mass is 79.9. The fourth-order valence-electron chi connectivity index (χ4n) is 1.75. The Morgan fingerprint density at radius 3 is 2.86 bits per heavy atom. The molecule has 1 aromatic heterocycles. The lowest BCUT2D eigenvalue weighted by molar-refractivity contribution is 0.410. The van der Waals surface area contributed by atoms with Crippen LogP contribution in [0.2, 0.25) is 0 Å². The van der Waals surface area contributed by atoms with Crippen molar-refractivity contribution < 1.29 is 12.9 Å². The van der Waals surface area contributed by atoms with Crippen molar-refractivity contribution >= 4 is 26.0 Å². The summed E-state index contributed by atoms with van der Waals surface area (Å²) in [6, 6.07) is 5.22. The topological polar surface area (TPSA) is 97.1 Å². The third-order valence-electron chi connectivity index (χ3n) is 2.71. The largest absolute Gasteiger partial charge is 0.343 e. The van der Waals surface area contributed by atoms with Gasteiger partial charge in [0.2, 0.25) is 16.4 Å². The monoisotopic (exact) mass is 374 g/mol. The first-order valence-electron chi connectivity index (χ1n) is 6.21. The minimum Gasteiger partial charge on any atom is -0.343 e. The zero-order valence-electron chi connectivity index (χ0n) is 11.3. The van der Waals surface area contributed by atoms with E-state index in [-0.39, 0.29) is 11.4 Å². The SMILES string of the molecule is CNCc1ccc(Br)c(S(=O)(=O)NCCc2ncon2)c1. The molecule has 0 aliphatic heterocycles. The number of sulfonamides is 1. The van der Waals surface area contributed by atoms with Gasteiger partial charge in [0.1, 0.15) is 0 Å². The highest BCUT2D eigenvalue weighted by molar-refractivity contribution is 9.10. The van der Waals surface area contributed by atoms with Crippen LogP contribution in [0.3, 0.4) is 0 Å². The molecular weight excluding hydrogens is 360 g/mol. The number of halogens is 1. The van der Waals surface area contributed by atoms with Crippen LogP contribution in [-0.2, 0) is 23.0 Å². The van der Waals surface area contributed by atoms with Gasteiger partial charge in [0.25, 0.3) is 0 Å². The number of aromatic nitrogens is 2. The van der Waals surface area contributed by atoms with Gasteiger partial charge >= 0.3 is 0 Å². The first kappa shape index (κ1) is 16.1. The molecule has 114 valence electrons. The van der Waals surface area contributed by atoms with E-state index in [1.165, 1.54) is 6.39 Å². The standard InChI is InChI=1S/C12H15BrN4O3S/c1-14-7-9-2-3-10(13)11(6-9)21(18,19)16-5-4-12-15-8-20-17-12/h2-3,6,8,14,16H,4-5,7H2,1H3. The quantitative estimate of drug-likeness (QED) is 0.752. The van der Waals surface area contributed by atoms with Crippen LogP contribution in [-0.4, -0.2) is 32.2 Å². The first-order chi connectivity index (χ1) is 10.0. The van der Waals surface area contributed by atoms with E-state index in [0.717, 1.165) is 5.56 Å². The molecule has 2 aromatic rings. The number of hydrogen-bond donors (Lipinski definition) is 2. The van der Waals surface area contributed by atoms with E-state index in [2.05, 4.69) is 40.6 Å². The van der Waals surface area contributed by atoms with Gasteiger partial charge in [0.15, 0.2) is 5.82 Å². The van der Waals surface area contributed by atoms with Crippen LogP contribution < -0.4 is 10.0 Å². The van der Waals surface area contributed by atoms with E-state index in [4.69, 9.17) is 0 Å². The summed E-state index contributed by atoms with van der Waals surface area (Å²) in [5.74, 6) is 0.459. The maximum absolute atomic E-state index is 12.3. The fraction of sp³-hybridized carbons (Fsp3) is 0.333. The molecule has 0 saturated carbocycles. The molecule has 0 atom stereocenters. The summed E-state index contributed by atoms with van der Waals surface area (Å²) >= 11 is 3.27. The van der Waals surface area contributed by atoms with Gasteiger partial charge in [-0.1, -0.05) is 11.2 Å². The van der Waals surface area contributed by atoms with E-state index >= 15 is 0 Å². The van der Waals surface area contributed by atoms with Crippen LogP contribution in [0.25, 0.3) is 0 Å². The van der Waals surface area contributed by atoms with E-state index in [0.29, 0.717) is 23.3 Å². The average Bonchev–Trinajstić information content (AvgIpc) is 2.94. The van der Waals surface area contributed by atoms with Crippen molar-refractivity contribution in [3.8, 4) is 0 Å². The molecule has 0 fully saturated rings. The lowest BCUT2D eigenvalue weighted by Crippen LogP contribution is -2.26. The Bertz CT molecular complexity index is 689. The first-order valence-corrected chi connectivity index (χ1v) is 8.48. The van der Waals surface area contributed by atoms with E-state index in [1.807, 2.05) is 6.07 Å². The normalized spacial score (nSPS) is 11.7. The van der Waals surface area contributed by atoms with E-state index < -0.39 is 10.0 Å². The van der Waals surface area contributed by atoms with Gasteiger partial charge < -0.3 is 9.84 Å². The van der Waals surface area contributed by atoms with Crippen molar-refractivity contribution in [2.45, 2.75) is 17.9 Å². The maximum Gasteiger partial charge on any atom is 0.241 e. The third kappa shape index (κ3) is 4.34. The van der Waals surface area contributed by atoms with Crippen LogP contribution in [0.1, 0.15) is 11.4 Å². The number of nitrogens with zero attached hydrogens (tertiary/aromatic N) is 2. The Labute approximate surface area is 131 Å². The van der Waals surface area contributed by atoms with Crippen molar-refractivity contribution in [3.05, 3.63) is 40.5 Å². The Hall–Kier alpha value is -1.29. The third-order valence-corrected chi connectivity index (χ3v) is 5.17. The molecule has 0 unspecified atom stereocenters. The molecule has 0 radical (unpaired) electrons. The second-order valence-electron chi connectivity index (χ2n) is 4.29. The van der Waals surface area contributed by atoms with Gasteiger partial charge in [0, 0.05) is 24.0 Å². The van der Waals surface area contributed by atoms with Crippen molar-refractivity contribution in [3.63, 3.8) is 0 Å². The zero-order chi connectivity index (χ0) is 15.3. The minimum atomic E-state index is -3.60. The predicted molar refractivity (Wildman–Crippen MR) is 80.1 cm³/mol. The van der Waals surface area contributed by atoms with Gasteiger partial charge in [-0.05, 0) is 40.7 Å². The Kier molecular flexibility index (Phi) is 5.45. The molecular formula is C12H15BrN4O3S. The maximum atomic E-state index is 12.3. The average molecular weight is 375 g/mol. The van der Waals surface area contributed by atoms with Gasteiger partial charge in [-0.25, -0.2) is 13.1 Å². The van der Waals surface area contributed by atoms with Crippen molar-refractivity contribution in [1.29, 1.82) is 0 Å². The molecule has 1 aromatic carbocycles. The highest BCUT2D eigenvalue weighted by Gasteiger charge is 2.18. The molecule has 2 N–H and O–H groups in total. The summed E-state index contributed by atoms with van der Waals surface area (Å²) in [5, 5.41) is 6.61. The Morgan fingerprint density at radius 1 is 1.38 bits per heavy atom. The van der Waals surface area contributed by atoms with Gasteiger partial charge in [0.05, 0.1) is 4.90 Å². The summed E-state index contributed by atoms with van der Waals surface area (Å²) in [6.45, 7) is 0.795. The molecule has 7 nitrogen and oxygen atoms in total.